The maximum atomic E-state index is 12.6. The highest BCUT2D eigenvalue weighted by atomic mass is 16.5. The molecule has 0 bridgehead atoms. The lowest BCUT2D eigenvalue weighted by Crippen LogP contribution is -2.45. The van der Waals surface area contributed by atoms with Crippen LogP contribution in [0, 0.1) is 17.2 Å². The van der Waals surface area contributed by atoms with Crippen LogP contribution in [0.25, 0.3) is 0 Å². The van der Waals surface area contributed by atoms with Gasteiger partial charge in [0.25, 0.3) is 0 Å². The van der Waals surface area contributed by atoms with Crippen LogP contribution in [0.4, 0.5) is 5.69 Å². The minimum Gasteiger partial charge on any atom is -0.457 e. The number of benzene rings is 2. The average molecular weight is 363 g/mol. The van der Waals surface area contributed by atoms with Crippen molar-refractivity contribution in [2.24, 2.45) is 5.92 Å². The Bertz CT molecular complexity index is 801. The smallest absolute Gasteiger partial charge is 0.244 e. The molecule has 1 saturated heterocycles. The quantitative estimate of drug-likeness (QED) is 0.854. The van der Waals surface area contributed by atoms with E-state index >= 15 is 0 Å². The number of nitriles is 1. The summed E-state index contributed by atoms with van der Waals surface area (Å²) >= 11 is 0. The van der Waals surface area contributed by atoms with Crippen molar-refractivity contribution in [3.05, 3.63) is 54.1 Å². The monoisotopic (exact) mass is 363 g/mol. The standard InChI is InChI=1S/C22H25N3O2/c1-16-11-13-25(14-12-16)22(26)17(2)24-19-5-9-21(10-6-19)27-20-7-3-18(15-23)4-8-20/h3-10,16-17,24H,11-14H2,1-2H3. The van der Waals surface area contributed by atoms with Crippen LogP contribution >= 0.6 is 0 Å². The van der Waals surface area contributed by atoms with Crippen LogP contribution in [0.15, 0.2) is 48.5 Å². The summed E-state index contributed by atoms with van der Waals surface area (Å²) in [6.07, 6.45) is 2.17. The Morgan fingerprint density at radius 3 is 2.22 bits per heavy atom. The molecule has 1 heterocycles. The maximum Gasteiger partial charge on any atom is 0.244 e. The van der Waals surface area contributed by atoms with E-state index < -0.39 is 0 Å². The summed E-state index contributed by atoms with van der Waals surface area (Å²) in [4.78, 5) is 14.5. The first-order valence-corrected chi connectivity index (χ1v) is 9.38. The third kappa shape index (κ3) is 5.01. The lowest BCUT2D eigenvalue weighted by molar-refractivity contribution is -0.132. The second-order valence-electron chi connectivity index (χ2n) is 7.14. The molecular weight excluding hydrogens is 338 g/mol. The van der Waals surface area contributed by atoms with E-state index in [0.29, 0.717) is 23.0 Å². The van der Waals surface area contributed by atoms with E-state index in [2.05, 4.69) is 18.3 Å². The molecule has 0 saturated carbocycles. The van der Waals surface area contributed by atoms with Crippen LogP contribution in [-0.2, 0) is 4.79 Å². The number of nitrogens with zero attached hydrogens (tertiary/aromatic N) is 2. The highest BCUT2D eigenvalue weighted by Gasteiger charge is 2.24. The highest BCUT2D eigenvalue weighted by molar-refractivity contribution is 5.84. The second kappa shape index (κ2) is 8.59. The van der Waals surface area contributed by atoms with Crippen molar-refractivity contribution < 1.29 is 9.53 Å². The second-order valence-corrected chi connectivity index (χ2v) is 7.14. The molecule has 0 aromatic heterocycles. The minimum atomic E-state index is -0.260. The topological polar surface area (TPSA) is 65.4 Å². The van der Waals surface area contributed by atoms with Gasteiger partial charge in [0.05, 0.1) is 11.6 Å². The van der Waals surface area contributed by atoms with E-state index in [1.165, 1.54) is 0 Å². The molecule has 1 aliphatic heterocycles. The number of rotatable bonds is 5. The van der Waals surface area contributed by atoms with Crippen molar-refractivity contribution in [2.75, 3.05) is 18.4 Å². The fourth-order valence-corrected chi connectivity index (χ4v) is 3.17. The molecule has 1 aliphatic rings. The SMILES string of the molecule is CC1CCN(C(=O)C(C)Nc2ccc(Oc3ccc(C#N)cc3)cc2)CC1. The summed E-state index contributed by atoms with van der Waals surface area (Å²) in [6.45, 7) is 5.85. The van der Waals surface area contributed by atoms with Gasteiger partial charge in [0, 0.05) is 18.8 Å². The third-order valence-corrected chi connectivity index (χ3v) is 4.92. The van der Waals surface area contributed by atoms with Crippen LogP contribution in [0.3, 0.4) is 0 Å². The predicted molar refractivity (Wildman–Crippen MR) is 106 cm³/mol. The zero-order valence-corrected chi connectivity index (χ0v) is 15.8. The van der Waals surface area contributed by atoms with Gasteiger partial charge in [-0.15, -0.1) is 0 Å². The number of amides is 1. The Morgan fingerprint density at radius 1 is 1.11 bits per heavy atom. The number of carbonyl (C=O) groups excluding carboxylic acids is 1. The molecule has 1 unspecified atom stereocenters. The van der Waals surface area contributed by atoms with E-state index in [0.717, 1.165) is 31.6 Å². The van der Waals surface area contributed by atoms with Crippen LogP contribution in [-0.4, -0.2) is 29.9 Å². The fourth-order valence-electron chi connectivity index (χ4n) is 3.17. The molecule has 2 aromatic rings. The Balaban J connectivity index is 1.55. The predicted octanol–water partition coefficient (Wildman–Crippen LogP) is 4.41. The van der Waals surface area contributed by atoms with E-state index in [1.54, 1.807) is 24.3 Å². The molecule has 2 aromatic carbocycles. The van der Waals surface area contributed by atoms with Gasteiger partial charge in [0.15, 0.2) is 0 Å². The third-order valence-electron chi connectivity index (χ3n) is 4.92. The lowest BCUT2D eigenvalue weighted by atomic mass is 9.99. The van der Waals surface area contributed by atoms with Gasteiger partial charge in [-0.1, -0.05) is 6.92 Å². The van der Waals surface area contributed by atoms with Crippen LogP contribution < -0.4 is 10.1 Å². The zero-order valence-electron chi connectivity index (χ0n) is 15.8. The summed E-state index contributed by atoms with van der Waals surface area (Å²) in [6, 6.07) is 16.3. The average Bonchev–Trinajstić information content (AvgIpc) is 2.70. The molecule has 5 heteroatoms. The molecule has 5 nitrogen and oxygen atoms in total. The Hall–Kier alpha value is -3.00. The zero-order chi connectivity index (χ0) is 19.2. The van der Waals surface area contributed by atoms with Crippen molar-refractivity contribution >= 4 is 11.6 Å². The summed E-state index contributed by atoms with van der Waals surface area (Å²) < 4.78 is 5.78. The van der Waals surface area contributed by atoms with Crippen LogP contribution in [0.2, 0.25) is 0 Å². The van der Waals surface area contributed by atoms with Gasteiger partial charge in [-0.25, -0.2) is 0 Å². The Labute approximate surface area is 160 Å². The van der Waals surface area contributed by atoms with Crippen LogP contribution in [0.1, 0.15) is 32.3 Å². The number of likely N-dealkylation sites (tertiary alicyclic amines) is 1. The molecule has 0 radical (unpaired) electrons. The van der Waals surface area contributed by atoms with Gasteiger partial charge >= 0.3 is 0 Å². The molecule has 1 fully saturated rings. The van der Waals surface area contributed by atoms with Crippen molar-refractivity contribution in [3.8, 4) is 17.6 Å². The van der Waals surface area contributed by atoms with Gasteiger partial charge in [0.1, 0.15) is 17.5 Å². The molecule has 0 spiro atoms. The molecular formula is C22H25N3O2. The molecule has 27 heavy (non-hydrogen) atoms. The van der Waals surface area contributed by atoms with Gasteiger partial charge < -0.3 is 15.0 Å². The maximum absolute atomic E-state index is 12.6. The van der Waals surface area contributed by atoms with Crippen molar-refractivity contribution in [1.29, 1.82) is 5.26 Å². The molecule has 140 valence electrons. The first kappa shape index (κ1) is 18.8. The Kier molecular flexibility index (Phi) is 5.97. The van der Waals surface area contributed by atoms with E-state index in [4.69, 9.17) is 10.00 Å². The van der Waals surface area contributed by atoms with Gasteiger partial charge in [-0.05, 0) is 74.2 Å². The number of nitrogens with one attached hydrogen (secondary N) is 1. The van der Waals surface area contributed by atoms with Crippen molar-refractivity contribution in [1.82, 2.24) is 4.90 Å². The molecule has 1 atom stereocenters. The van der Waals surface area contributed by atoms with E-state index in [9.17, 15) is 4.79 Å². The minimum absolute atomic E-state index is 0.153. The van der Waals surface area contributed by atoms with Crippen molar-refractivity contribution in [3.63, 3.8) is 0 Å². The van der Waals surface area contributed by atoms with E-state index in [1.807, 2.05) is 36.1 Å². The van der Waals surface area contributed by atoms with Gasteiger partial charge in [0.2, 0.25) is 5.91 Å². The number of ether oxygens (including phenoxy) is 1. The lowest BCUT2D eigenvalue weighted by Gasteiger charge is -2.32. The molecule has 1 amide bonds. The summed E-state index contributed by atoms with van der Waals surface area (Å²) in [7, 11) is 0. The normalized spacial score (nSPS) is 15.7. The molecule has 1 N–H and O–H groups in total. The fraction of sp³-hybridized carbons (Fsp3) is 0.364. The molecule has 0 aliphatic carbocycles. The summed E-state index contributed by atoms with van der Waals surface area (Å²) in [5, 5.41) is 12.1. The summed E-state index contributed by atoms with van der Waals surface area (Å²) in [5.74, 6) is 2.24. The number of hydrogen-bond acceptors (Lipinski definition) is 4. The van der Waals surface area contributed by atoms with Gasteiger partial charge in [-0.3, -0.25) is 4.79 Å². The van der Waals surface area contributed by atoms with Crippen LogP contribution in [0.5, 0.6) is 11.5 Å². The molecule has 3 rings (SSSR count). The largest absolute Gasteiger partial charge is 0.457 e. The first-order valence-electron chi connectivity index (χ1n) is 9.38. The number of anilines is 1. The van der Waals surface area contributed by atoms with Crippen molar-refractivity contribution in [2.45, 2.75) is 32.7 Å². The number of carbonyl (C=O) groups is 1. The number of hydrogen-bond donors (Lipinski definition) is 1. The first-order chi connectivity index (χ1) is 13.0. The highest BCUT2D eigenvalue weighted by Crippen LogP contribution is 2.24. The summed E-state index contributed by atoms with van der Waals surface area (Å²) in [5.41, 5.74) is 1.48. The van der Waals surface area contributed by atoms with Gasteiger partial charge in [-0.2, -0.15) is 5.26 Å². The van der Waals surface area contributed by atoms with E-state index in [-0.39, 0.29) is 11.9 Å². The number of piperidine rings is 1. The Morgan fingerprint density at radius 2 is 1.67 bits per heavy atom.